The number of amides is 2. The minimum atomic E-state index is -1.49. The van der Waals surface area contributed by atoms with Gasteiger partial charge < -0.3 is 14.5 Å². The molecule has 12 heteroatoms. The highest BCUT2D eigenvalue weighted by atomic mass is 19.1. The molecule has 11 nitrogen and oxygen atoms in total. The molecular formula is C39H43FN8O3. The molecule has 4 aromatic rings. The normalized spacial score (nSPS) is 21.5. The first-order chi connectivity index (χ1) is 24.6. The molecule has 0 saturated carbocycles. The van der Waals surface area contributed by atoms with Gasteiger partial charge in [0, 0.05) is 80.7 Å². The smallest absolute Gasteiger partial charge is 0.236 e. The van der Waals surface area contributed by atoms with Gasteiger partial charge >= 0.3 is 0 Å². The second-order valence-electron chi connectivity index (χ2n) is 14.7. The van der Waals surface area contributed by atoms with Gasteiger partial charge in [-0.1, -0.05) is 30.3 Å². The lowest BCUT2D eigenvalue weighted by Crippen LogP contribution is -2.47. The summed E-state index contributed by atoms with van der Waals surface area (Å²) in [5.41, 5.74) is 4.29. The molecule has 6 heterocycles. The maximum absolute atomic E-state index is 16.1. The molecular weight excluding hydrogens is 647 g/mol. The lowest BCUT2D eigenvalue weighted by atomic mass is 9.85. The number of nitrogens with zero attached hydrogens (tertiary/aromatic N) is 8. The number of carbonyl (C=O) groups excluding carboxylic acids is 2. The molecule has 2 aromatic carbocycles. The molecule has 4 aliphatic rings. The third-order valence-corrected chi connectivity index (χ3v) is 10.9. The van der Waals surface area contributed by atoms with Crippen molar-refractivity contribution in [3.05, 3.63) is 89.4 Å². The first-order valence-corrected chi connectivity index (χ1v) is 17.9. The van der Waals surface area contributed by atoms with Crippen molar-refractivity contribution >= 4 is 23.2 Å². The van der Waals surface area contributed by atoms with E-state index < -0.39 is 11.1 Å². The zero-order valence-corrected chi connectivity index (χ0v) is 29.4. The number of aryl methyl sites for hydroxylation is 1. The number of anilines is 1. The van der Waals surface area contributed by atoms with Gasteiger partial charge in [0.2, 0.25) is 17.7 Å². The van der Waals surface area contributed by atoms with Crippen molar-refractivity contribution in [1.82, 2.24) is 29.5 Å². The number of pyridine rings is 1. The molecule has 2 aromatic heterocycles. The highest BCUT2D eigenvalue weighted by Gasteiger charge is 2.51. The van der Waals surface area contributed by atoms with Crippen LogP contribution in [0.2, 0.25) is 0 Å². The number of halogens is 1. The molecule has 51 heavy (non-hydrogen) atoms. The fraction of sp³-hybridized carbons (Fsp3) is 0.436. The van der Waals surface area contributed by atoms with E-state index in [1.165, 1.54) is 0 Å². The largest absolute Gasteiger partial charge is 0.475 e. The van der Waals surface area contributed by atoms with E-state index in [2.05, 4.69) is 32.1 Å². The molecule has 0 bridgehead atoms. The third-order valence-electron chi connectivity index (χ3n) is 10.9. The zero-order chi connectivity index (χ0) is 35.3. The number of aliphatic imine (C=N–C) groups is 1. The Morgan fingerprint density at radius 3 is 2.41 bits per heavy atom. The fourth-order valence-corrected chi connectivity index (χ4v) is 8.04. The van der Waals surface area contributed by atoms with Crippen LogP contribution in [0.5, 0.6) is 5.88 Å². The average Bonchev–Trinajstić information content (AvgIpc) is 3.92. The summed E-state index contributed by atoms with van der Waals surface area (Å²) in [6.07, 6.45) is 5.45. The number of alkyl halides is 1. The molecule has 0 unspecified atom stereocenters. The van der Waals surface area contributed by atoms with Gasteiger partial charge in [-0.25, -0.2) is 14.4 Å². The number of hydrogen-bond donors (Lipinski definition) is 0. The van der Waals surface area contributed by atoms with E-state index in [0.29, 0.717) is 56.5 Å². The predicted molar refractivity (Wildman–Crippen MR) is 191 cm³/mol. The number of likely N-dealkylation sites (tertiary alicyclic amines) is 2. The van der Waals surface area contributed by atoms with Crippen LogP contribution in [-0.4, -0.2) is 92.4 Å². The number of benzene rings is 2. The van der Waals surface area contributed by atoms with Gasteiger partial charge in [0.1, 0.15) is 12.0 Å². The summed E-state index contributed by atoms with van der Waals surface area (Å²) in [7, 11) is 1.81. The molecule has 0 aliphatic carbocycles. The van der Waals surface area contributed by atoms with E-state index >= 15 is 4.39 Å². The summed E-state index contributed by atoms with van der Waals surface area (Å²) in [5, 5.41) is 4.32. The summed E-state index contributed by atoms with van der Waals surface area (Å²) in [4.78, 5) is 46.8. The molecule has 3 saturated heterocycles. The van der Waals surface area contributed by atoms with Crippen molar-refractivity contribution in [3.8, 4) is 17.3 Å². The van der Waals surface area contributed by atoms with E-state index in [1.807, 2.05) is 68.3 Å². The first-order valence-electron chi connectivity index (χ1n) is 17.9. The van der Waals surface area contributed by atoms with E-state index in [-0.39, 0.29) is 37.3 Å². The summed E-state index contributed by atoms with van der Waals surface area (Å²) < 4.78 is 23.4. The number of carbonyl (C=O) groups is 2. The Bertz CT molecular complexity index is 1980. The average molecular weight is 691 g/mol. The Morgan fingerprint density at radius 2 is 1.71 bits per heavy atom. The fourth-order valence-electron chi connectivity index (χ4n) is 8.04. The molecule has 2 amide bonds. The van der Waals surface area contributed by atoms with Gasteiger partial charge in [-0.2, -0.15) is 5.10 Å². The van der Waals surface area contributed by atoms with Crippen LogP contribution in [0.25, 0.3) is 11.4 Å². The van der Waals surface area contributed by atoms with Crippen LogP contribution in [-0.2, 0) is 28.9 Å². The van der Waals surface area contributed by atoms with E-state index in [0.717, 1.165) is 46.5 Å². The molecule has 264 valence electrons. The molecule has 0 radical (unpaired) electrons. The van der Waals surface area contributed by atoms with Gasteiger partial charge in [-0.15, -0.1) is 0 Å². The summed E-state index contributed by atoms with van der Waals surface area (Å²) in [6.45, 7) is 7.38. The first kappa shape index (κ1) is 33.2. The molecule has 1 atom stereocenters. The summed E-state index contributed by atoms with van der Waals surface area (Å²) >= 11 is 0. The van der Waals surface area contributed by atoms with Crippen LogP contribution < -0.4 is 9.64 Å². The second kappa shape index (κ2) is 13.0. The Morgan fingerprint density at radius 1 is 0.941 bits per heavy atom. The summed E-state index contributed by atoms with van der Waals surface area (Å²) in [6, 6.07) is 17.4. The molecule has 8 rings (SSSR count). The Labute approximate surface area is 297 Å². The van der Waals surface area contributed by atoms with Crippen LogP contribution in [0.15, 0.2) is 72.1 Å². The minimum absolute atomic E-state index is 0.00305. The van der Waals surface area contributed by atoms with Crippen LogP contribution in [0.3, 0.4) is 0 Å². The maximum atomic E-state index is 16.1. The number of hydrogen-bond acceptors (Lipinski definition) is 8. The van der Waals surface area contributed by atoms with Gasteiger partial charge in [-0.3, -0.25) is 24.2 Å². The van der Waals surface area contributed by atoms with Crippen molar-refractivity contribution in [1.29, 1.82) is 0 Å². The number of ether oxygens (including phenoxy) is 1. The Balaban J connectivity index is 0.868. The molecule has 4 aliphatic heterocycles. The predicted octanol–water partition coefficient (Wildman–Crippen LogP) is 4.93. The number of fused-ring (bicyclic) bond motifs is 1. The van der Waals surface area contributed by atoms with Crippen molar-refractivity contribution in [2.75, 3.05) is 44.2 Å². The van der Waals surface area contributed by atoms with Crippen LogP contribution in [0.4, 0.5) is 10.1 Å². The third kappa shape index (κ3) is 6.30. The van der Waals surface area contributed by atoms with Crippen molar-refractivity contribution in [3.63, 3.8) is 0 Å². The van der Waals surface area contributed by atoms with Crippen molar-refractivity contribution in [2.45, 2.75) is 57.8 Å². The lowest BCUT2D eigenvalue weighted by Gasteiger charge is -2.37. The second-order valence-corrected chi connectivity index (χ2v) is 14.7. The lowest BCUT2D eigenvalue weighted by molar-refractivity contribution is -0.135. The SMILES string of the molecule is CC(C)Oc1ccc(C2=NCc3ccc(N4CC[C@]5(CCN(CC(=O)N6CCC(F)(c7ccc(-c8ncn(C)n8)cc7)CC6)C5)C4=O)cc32)cn1. The number of rotatable bonds is 8. The summed E-state index contributed by atoms with van der Waals surface area (Å²) in [5.74, 6) is 1.30. The molecule has 1 spiro atoms. The van der Waals surface area contributed by atoms with Crippen LogP contribution >= 0.6 is 0 Å². The number of piperidine rings is 1. The monoisotopic (exact) mass is 690 g/mol. The van der Waals surface area contributed by atoms with Crippen LogP contribution in [0, 0.1) is 5.41 Å². The standard InChI is InChI=1S/C39H43FN8O3/c1-26(2)51-33-11-7-29(22-41-33)35-32-20-31(10-6-28(32)21-42-35)48-19-13-38(37(48)50)12-16-46(24-38)23-34(49)47-17-14-39(40,15-18-47)30-8-4-27(5-9-30)36-43-25-45(3)44-36/h4-11,20,22,25-26H,12-19,21,23-24H2,1-3H3/t38-/m0/s1. The van der Waals surface area contributed by atoms with Gasteiger partial charge in [0.05, 0.1) is 30.3 Å². The molecule has 0 N–H and O–H groups in total. The highest BCUT2D eigenvalue weighted by Crippen LogP contribution is 2.43. The van der Waals surface area contributed by atoms with Crippen molar-refractivity contribution < 1.29 is 18.7 Å². The van der Waals surface area contributed by atoms with Gasteiger partial charge in [0.15, 0.2) is 5.82 Å². The Hall–Kier alpha value is -4.97. The van der Waals surface area contributed by atoms with Gasteiger partial charge in [0.25, 0.3) is 0 Å². The van der Waals surface area contributed by atoms with Crippen LogP contribution in [0.1, 0.15) is 61.8 Å². The maximum Gasteiger partial charge on any atom is 0.236 e. The number of aromatic nitrogens is 4. The minimum Gasteiger partial charge on any atom is -0.475 e. The Kier molecular flexibility index (Phi) is 8.44. The van der Waals surface area contributed by atoms with E-state index in [9.17, 15) is 9.59 Å². The van der Waals surface area contributed by atoms with E-state index in [1.54, 1.807) is 22.1 Å². The quantitative estimate of drug-likeness (QED) is 0.258. The van der Waals surface area contributed by atoms with E-state index in [4.69, 9.17) is 9.73 Å². The molecule has 3 fully saturated rings. The topological polar surface area (TPSA) is 109 Å². The zero-order valence-electron chi connectivity index (χ0n) is 29.4. The highest BCUT2D eigenvalue weighted by molar-refractivity contribution is 6.16. The van der Waals surface area contributed by atoms with Crippen molar-refractivity contribution in [2.24, 2.45) is 17.5 Å². The van der Waals surface area contributed by atoms with Gasteiger partial charge in [-0.05, 0) is 62.6 Å².